The fourth-order valence-electron chi connectivity index (χ4n) is 1.02. The van der Waals surface area contributed by atoms with Gasteiger partial charge in [-0.1, -0.05) is 37.3 Å². The smallest absolute Gasteiger partial charge is 0.120 e. The second-order valence-corrected chi connectivity index (χ2v) is 2.66. The molecule has 0 N–H and O–H groups in total. The molecule has 11 heavy (non-hydrogen) atoms. The van der Waals surface area contributed by atoms with Crippen LogP contribution in [0.4, 0.5) is 0 Å². The average Bonchev–Trinajstić information content (AvgIpc) is 2.05. The van der Waals surface area contributed by atoms with Crippen molar-refractivity contribution in [1.29, 1.82) is 0 Å². The van der Waals surface area contributed by atoms with Gasteiger partial charge in [-0.05, 0) is 11.5 Å². The van der Waals surface area contributed by atoms with E-state index in [1.807, 2.05) is 37.3 Å². The monoisotopic (exact) mass is 149 g/mol. The summed E-state index contributed by atoms with van der Waals surface area (Å²) in [5.74, 6) is 0.163. The molecular formula is C10H12O. The lowest BCUT2D eigenvalue weighted by molar-refractivity contribution is -0.108. The van der Waals surface area contributed by atoms with Gasteiger partial charge >= 0.3 is 0 Å². The molecule has 1 aromatic rings. The zero-order valence-electron chi connectivity index (χ0n) is 7.58. The minimum Gasteiger partial charge on any atom is -0.303 e. The Bertz CT molecular complexity index is 256. The molecule has 0 aromatic heterocycles. The van der Waals surface area contributed by atoms with Crippen LogP contribution >= 0.6 is 0 Å². The van der Waals surface area contributed by atoms with Crippen molar-refractivity contribution in [2.24, 2.45) is 0 Å². The fourth-order valence-corrected chi connectivity index (χ4v) is 1.02. The van der Waals surface area contributed by atoms with Crippen LogP contribution in [0.3, 0.4) is 0 Å². The number of hydrogen-bond donors (Lipinski definition) is 0. The Balaban J connectivity index is 2.65. The Hall–Kier alpha value is -1.11. The number of benzene rings is 1. The number of carbonyl (C=O) groups excluding carboxylic acids is 1. The van der Waals surface area contributed by atoms with Crippen molar-refractivity contribution in [3.05, 3.63) is 35.9 Å². The van der Waals surface area contributed by atoms with Crippen molar-refractivity contribution in [3.63, 3.8) is 0 Å². The maximum atomic E-state index is 10.5. The van der Waals surface area contributed by atoms with E-state index in [4.69, 9.17) is 1.37 Å². The first kappa shape index (κ1) is 6.59. The molecule has 0 bridgehead atoms. The van der Waals surface area contributed by atoms with Crippen LogP contribution in [-0.2, 0) is 4.79 Å². The third-order valence-electron chi connectivity index (χ3n) is 1.76. The maximum Gasteiger partial charge on any atom is 0.120 e. The van der Waals surface area contributed by atoms with Gasteiger partial charge in [-0.25, -0.2) is 0 Å². The predicted molar refractivity (Wildman–Crippen MR) is 45.5 cm³/mol. The van der Waals surface area contributed by atoms with Crippen molar-refractivity contribution < 1.29 is 6.17 Å². The van der Waals surface area contributed by atoms with Crippen LogP contribution in [0, 0.1) is 0 Å². The topological polar surface area (TPSA) is 17.1 Å². The van der Waals surface area contributed by atoms with Crippen LogP contribution in [0.25, 0.3) is 0 Å². The van der Waals surface area contributed by atoms with E-state index >= 15 is 0 Å². The first-order valence-electron chi connectivity index (χ1n) is 4.24. The molecule has 0 aliphatic rings. The summed E-state index contributed by atoms with van der Waals surface area (Å²) in [7, 11) is 0. The number of carbonyl (C=O) groups is 1. The maximum absolute atomic E-state index is 10.5. The molecule has 1 nitrogen and oxygen atoms in total. The molecule has 1 atom stereocenters. The molecule has 1 aromatic carbocycles. The summed E-state index contributed by atoms with van der Waals surface area (Å²) in [5, 5.41) is 0. The SMILES string of the molecule is [2H]C(=O)C[C@@H](C)c1ccccc1. The molecule has 0 amide bonds. The van der Waals surface area contributed by atoms with E-state index in [1.165, 1.54) is 0 Å². The molecule has 0 unspecified atom stereocenters. The molecule has 0 fully saturated rings. The van der Waals surface area contributed by atoms with Gasteiger partial charge in [0.2, 0.25) is 0 Å². The van der Waals surface area contributed by atoms with Crippen molar-refractivity contribution in [3.8, 4) is 0 Å². The van der Waals surface area contributed by atoms with Gasteiger partial charge in [0.1, 0.15) is 7.63 Å². The number of hydrogen-bond acceptors (Lipinski definition) is 1. The van der Waals surface area contributed by atoms with E-state index in [0.29, 0.717) is 6.42 Å². The highest BCUT2D eigenvalue weighted by molar-refractivity contribution is 5.51. The second kappa shape index (κ2) is 3.91. The van der Waals surface area contributed by atoms with Crippen LogP contribution in [-0.4, -0.2) is 6.26 Å². The van der Waals surface area contributed by atoms with E-state index in [2.05, 4.69) is 0 Å². The summed E-state index contributed by atoms with van der Waals surface area (Å²) in [6, 6.07) is 9.79. The van der Waals surface area contributed by atoms with Crippen LogP contribution in [0.1, 0.15) is 26.2 Å². The zero-order chi connectivity index (χ0) is 8.97. The van der Waals surface area contributed by atoms with E-state index in [-0.39, 0.29) is 5.92 Å². The van der Waals surface area contributed by atoms with Gasteiger partial charge in [0.25, 0.3) is 0 Å². The summed E-state index contributed by atoms with van der Waals surface area (Å²) < 4.78 is 6.82. The first-order valence-corrected chi connectivity index (χ1v) is 3.74. The van der Waals surface area contributed by atoms with Crippen LogP contribution in [0.5, 0.6) is 0 Å². The quantitative estimate of drug-likeness (QED) is 0.603. The second-order valence-electron chi connectivity index (χ2n) is 2.66. The Labute approximate surface area is 68.5 Å². The van der Waals surface area contributed by atoms with E-state index in [9.17, 15) is 4.79 Å². The minimum atomic E-state index is -0.494. The largest absolute Gasteiger partial charge is 0.303 e. The van der Waals surface area contributed by atoms with Crippen molar-refractivity contribution in [2.45, 2.75) is 19.3 Å². The zero-order valence-corrected chi connectivity index (χ0v) is 6.58. The molecule has 58 valence electrons. The number of rotatable bonds is 3. The summed E-state index contributed by atoms with van der Waals surface area (Å²) in [6.45, 7) is 1.96. The molecule has 0 aliphatic carbocycles. The highest BCUT2D eigenvalue weighted by Crippen LogP contribution is 2.16. The van der Waals surface area contributed by atoms with Crippen molar-refractivity contribution >= 4 is 6.26 Å². The summed E-state index contributed by atoms with van der Waals surface area (Å²) >= 11 is 0. The van der Waals surface area contributed by atoms with Gasteiger partial charge in [0.05, 0.1) is 0 Å². The first-order chi connectivity index (χ1) is 5.70. The van der Waals surface area contributed by atoms with Crippen LogP contribution in [0.2, 0.25) is 0 Å². The Morgan fingerprint density at radius 2 is 2.18 bits per heavy atom. The van der Waals surface area contributed by atoms with Gasteiger partial charge in [0.15, 0.2) is 0 Å². The van der Waals surface area contributed by atoms with Gasteiger partial charge < -0.3 is 4.79 Å². The summed E-state index contributed by atoms with van der Waals surface area (Å²) in [4.78, 5) is 10.5. The van der Waals surface area contributed by atoms with Crippen LogP contribution in [0.15, 0.2) is 30.3 Å². The molecule has 1 rings (SSSR count). The molecule has 0 spiro atoms. The normalized spacial score (nSPS) is 13.7. The molecule has 0 radical (unpaired) electrons. The van der Waals surface area contributed by atoms with Gasteiger partial charge in [-0.15, -0.1) is 0 Å². The van der Waals surface area contributed by atoms with Crippen molar-refractivity contribution in [2.75, 3.05) is 0 Å². The standard InChI is InChI=1S/C10H12O/c1-9(7-8-11)10-5-3-2-4-6-10/h2-6,8-9H,7H2,1H3/t9-/m1/s1/i8D. The highest BCUT2D eigenvalue weighted by Gasteiger charge is 2.01. The molecular weight excluding hydrogens is 136 g/mol. The third kappa shape index (κ3) is 2.19. The minimum absolute atomic E-state index is 0.163. The van der Waals surface area contributed by atoms with Crippen LogP contribution < -0.4 is 0 Å². The van der Waals surface area contributed by atoms with Gasteiger partial charge in [0, 0.05) is 6.42 Å². The Kier molecular flexibility index (Phi) is 2.35. The molecule has 0 saturated carbocycles. The molecule has 0 saturated heterocycles. The average molecular weight is 149 g/mol. The molecule has 0 heterocycles. The Morgan fingerprint density at radius 3 is 2.73 bits per heavy atom. The van der Waals surface area contributed by atoms with Crippen molar-refractivity contribution in [1.82, 2.24) is 0 Å². The lowest BCUT2D eigenvalue weighted by Crippen LogP contribution is -1.92. The lowest BCUT2D eigenvalue weighted by atomic mass is 9.99. The molecule has 0 aliphatic heterocycles. The summed E-state index contributed by atoms with van der Waals surface area (Å²) in [6.07, 6.45) is -0.185. The highest BCUT2D eigenvalue weighted by atomic mass is 16.1. The Morgan fingerprint density at radius 1 is 1.55 bits per heavy atom. The predicted octanol–water partition coefficient (Wildman–Crippen LogP) is 2.38. The fraction of sp³-hybridized carbons (Fsp3) is 0.300. The van der Waals surface area contributed by atoms with E-state index < -0.39 is 6.26 Å². The third-order valence-corrected chi connectivity index (χ3v) is 1.76. The summed E-state index contributed by atoms with van der Waals surface area (Å²) in [5.41, 5.74) is 1.12. The lowest BCUT2D eigenvalue weighted by Gasteiger charge is -2.06. The number of aldehydes is 1. The van der Waals surface area contributed by atoms with E-state index in [1.54, 1.807) is 0 Å². The van der Waals surface area contributed by atoms with E-state index in [0.717, 1.165) is 5.56 Å². The molecule has 1 heteroatoms. The van der Waals surface area contributed by atoms with Gasteiger partial charge in [-0.2, -0.15) is 0 Å². The van der Waals surface area contributed by atoms with Gasteiger partial charge in [-0.3, -0.25) is 0 Å².